The molecule has 0 spiro atoms. The van der Waals surface area contributed by atoms with Gasteiger partial charge >= 0.3 is 0 Å². The second kappa shape index (κ2) is 5.50. The number of nitrogens with one attached hydrogen (secondary N) is 1. The summed E-state index contributed by atoms with van der Waals surface area (Å²) < 4.78 is 0. The van der Waals surface area contributed by atoms with E-state index in [1.165, 1.54) is 5.56 Å². The predicted molar refractivity (Wildman–Crippen MR) is 73.5 cm³/mol. The van der Waals surface area contributed by atoms with Crippen molar-refractivity contribution in [1.29, 1.82) is 0 Å². The first kappa shape index (κ1) is 12.4. The average molecular weight is 239 g/mol. The van der Waals surface area contributed by atoms with Gasteiger partial charge in [0.2, 0.25) is 0 Å². The number of benzene rings is 2. The molecule has 18 heavy (non-hydrogen) atoms. The van der Waals surface area contributed by atoms with E-state index in [1.807, 2.05) is 55.5 Å². The van der Waals surface area contributed by atoms with E-state index < -0.39 is 0 Å². The first-order chi connectivity index (χ1) is 8.68. The van der Waals surface area contributed by atoms with Crippen LogP contribution >= 0.6 is 0 Å². The van der Waals surface area contributed by atoms with Gasteiger partial charge in [-0.3, -0.25) is 4.79 Å². The molecular weight excluding hydrogens is 222 g/mol. The normalized spacial score (nSPS) is 11.9. The van der Waals surface area contributed by atoms with Crippen LogP contribution in [0.15, 0.2) is 54.6 Å². The number of hydrogen-bond acceptors (Lipinski definition) is 1. The minimum Gasteiger partial charge on any atom is -0.346 e. The Kier molecular flexibility index (Phi) is 3.78. The van der Waals surface area contributed by atoms with Crippen LogP contribution in [0.4, 0.5) is 0 Å². The van der Waals surface area contributed by atoms with Gasteiger partial charge in [0.05, 0.1) is 6.04 Å². The Bertz CT molecular complexity index is 534. The summed E-state index contributed by atoms with van der Waals surface area (Å²) in [6, 6.07) is 17.4. The molecule has 92 valence electrons. The first-order valence-corrected chi connectivity index (χ1v) is 6.10. The minimum absolute atomic E-state index is 0.0129. The topological polar surface area (TPSA) is 29.1 Å². The van der Waals surface area contributed by atoms with Gasteiger partial charge in [0.15, 0.2) is 0 Å². The molecule has 2 nitrogen and oxygen atoms in total. The molecule has 1 N–H and O–H groups in total. The number of aryl methyl sites for hydroxylation is 1. The third kappa shape index (κ3) is 2.77. The zero-order chi connectivity index (χ0) is 13.0. The van der Waals surface area contributed by atoms with Gasteiger partial charge in [0.25, 0.3) is 5.91 Å². The molecule has 0 saturated carbocycles. The molecule has 0 aliphatic heterocycles. The van der Waals surface area contributed by atoms with E-state index in [0.717, 1.165) is 5.56 Å². The smallest absolute Gasteiger partial charge is 0.251 e. The van der Waals surface area contributed by atoms with Crippen LogP contribution in [0.2, 0.25) is 0 Å². The Hall–Kier alpha value is -2.09. The highest BCUT2D eigenvalue weighted by Crippen LogP contribution is 2.17. The molecule has 2 aromatic carbocycles. The van der Waals surface area contributed by atoms with E-state index in [0.29, 0.717) is 5.56 Å². The number of carbonyl (C=O) groups is 1. The van der Waals surface area contributed by atoms with Crippen LogP contribution in [-0.4, -0.2) is 5.91 Å². The van der Waals surface area contributed by atoms with Crippen LogP contribution in [0.1, 0.15) is 34.5 Å². The molecular formula is C16H17NO. The van der Waals surface area contributed by atoms with Gasteiger partial charge in [0, 0.05) is 5.56 Å². The lowest BCUT2D eigenvalue weighted by atomic mass is 10.0. The fraction of sp³-hybridized carbons (Fsp3) is 0.188. The van der Waals surface area contributed by atoms with E-state index in [1.54, 1.807) is 0 Å². The summed E-state index contributed by atoms with van der Waals surface area (Å²) in [4.78, 5) is 12.0. The van der Waals surface area contributed by atoms with Crippen molar-refractivity contribution in [3.8, 4) is 0 Å². The highest BCUT2D eigenvalue weighted by atomic mass is 16.1. The molecule has 0 aliphatic carbocycles. The van der Waals surface area contributed by atoms with Crippen molar-refractivity contribution >= 4 is 5.91 Å². The SMILES string of the molecule is Cc1ccccc1[C@@H](C)NC(=O)c1ccccc1. The van der Waals surface area contributed by atoms with Crippen LogP contribution < -0.4 is 5.32 Å². The second-order valence-electron chi connectivity index (χ2n) is 4.42. The lowest BCUT2D eigenvalue weighted by Gasteiger charge is -2.16. The van der Waals surface area contributed by atoms with Crippen LogP contribution in [0.25, 0.3) is 0 Å². The van der Waals surface area contributed by atoms with E-state index in [9.17, 15) is 4.79 Å². The molecule has 1 atom stereocenters. The minimum atomic E-state index is -0.0358. The summed E-state index contributed by atoms with van der Waals surface area (Å²) in [5, 5.41) is 3.01. The predicted octanol–water partition coefficient (Wildman–Crippen LogP) is 3.49. The van der Waals surface area contributed by atoms with Crippen molar-refractivity contribution < 1.29 is 4.79 Å². The third-order valence-electron chi connectivity index (χ3n) is 3.04. The van der Waals surface area contributed by atoms with Crippen molar-refractivity contribution in [1.82, 2.24) is 5.32 Å². The average Bonchev–Trinajstić information content (AvgIpc) is 2.40. The molecule has 0 aromatic heterocycles. The Morgan fingerprint density at radius 2 is 1.61 bits per heavy atom. The maximum absolute atomic E-state index is 12.0. The fourth-order valence-electron chi connectivity index (χ4n) is 2.02. The third-order valence-corrected chi connectivity index (χ3v) is 3.04. The maximum Gasteiger partial charge on any atom is 0.251 e. The van der Waals surface area contributed by atoms with Crippen LogP contribution in [-0.2, 0) is 0 Å². The van der Waals surface area contributed by atoms with E-state index in [2.05, 4.69) is 18.3 Å². The Morgan fingerprint density at radius 1 is 1.00 bits per heavy atom. The van der Waals surface area contributed by atoms with Gasteiger partial charge in [-0.15, -0.1) is 0 Å². The molecule has 0 unspecified atom stereocenters. The highest BCUT2D eigenvalue weighted by molar-refractivity contribution is 5.94. The zero-order valence-corrected chi connectivity index (χ0v) is 10.7. The largest absolute Gasteiger partial charge is 0.346 e. The lowest BCUT2D eigenvalue weighted by Crippen LogP contribution is -2.26. The van der Waals surface area contributed by atoms with Crippen molar-refractivity contribution in [2.45, 2.75) is 19.9 Å². The molecule has 0 heterocycles. The van der Waals surface area contributed by atoms with Crippen molar-refractivity contribution in [2.24, 2.45) is 0 Å². The highest BCUT2D eigenvalue weighted by Gasteiger charge is 2.12. The monoisotopic (exact) mass is 239 g/mol. The Morgan fingerprint density at radius 3 is 2.28 bits per heavy atom. The molecule has 0 saturated heterocycles. The quantitative estimate of drug-likeness (QED) is 0.872. The van der Waals surface area contributed by atoms with Gasteiger partial charge < -0.3 is 5.32 Å². The Labute approximate surface area is 108 Å². The van der Waals surface area contributed by atoms with Crippen molar-refractivity contribution in [3.05, 3.63) is 71.3 Å². The van der Waals surface area contributed by atoms with Gasteiger partial charge in [-0.1, -0.05) is 42.5 Å². The van der Waals surface area contributed by atoms with E-state index in [4.69, 9.17) is 0 Å². The maximum atomic E-state index is 12.0. The van der Waals surface area contributed by atoms with Gasteiger partial charge in [-0.05, 0) is 37.1 Å². The number of rotatable bonds is 3. The van der Waals surface area contributed by atoms with Crippen LogP contribution in [0.5, 0.6) is 0 Å². The zero-order valence-electron chi connectivity index (χ0n) is 10.7. The molecule has 1 amide bonds. The molecule has 2 aromatic rings. The molecule has 0 radical (unpaired) electrons. The van der Waals surface area contributed by atoms with Crippen LogP contribution in [0.3, 0.4) is 0 Å². The molecule has 0 aliphatic rings. The van der Waals surface area contributed by atoms with Gasteiger partial charge in [-0.25, -0.2) is 0 Å². The summed E-state index contributed by atoms with van der Waals surface area (Å²) in [5.74, 6) is -0.0358. The number of carbonyl (C=O) groups excluding carboxylic acids is 1. The molecule has 2 rings (SSSR count). The molecule has 0 fully saturated rings. The van der Waals surface area contributed by atoms with E-state index >= 15 is 0 Å². The molecule has 2 heteroatoms. The van der Waals surface area contributed by atoms with Gasteiger partial charge in [0.1, 0.15) is 0 Å². The summed E-state index contributed by atoms with van der Waals surface area (Å²) in [5.41, 5.74) is 3.04. The lowest BCUT2D eigenvalue weighted by molar-refractivity contribution is 0.0940. The van der Waals surface area contributed by atoms with E-state index in [-0.39, 0.29) is 11.9 Å². The summed E-state index contributed by atoms with van der Waals surface area (Å²) in [6.45, 7) is 4.06. The summed E-state index contributed by atoms with van der Waals surface area (Å²) in [7, 11) is 0. The summed E-state index contributed by atoms with van der Waals surface area (Å²) in [6.07, 6.45) is 0. The van der Waals surface area contributed by atoms with Crippen molar-refractivity contribution in [3.63, 3.8) is 0 Å². The second-order valence-corrected chi connectivity index (χ2v) is 4.42. The number of hydrogen-bond donors (Lipinski definition) is 1. The van der Waals surface area contributed by atoms with Gasteiger partial charge in [-0.2, -0.15) is 0 Å². The molecule has 0 bridgehead atoms. The standard InChI is InChI=1S/C16H17NO/c1-12-8-6-7-11-15(12)13(2)17-16(18)14-9-4-3-5-10-14/h3-11,13H,1-2H3,(H,17,18)/t13-/m1/s1. The van der Waals surface area contributed by atoms with Crippen LogP contribution in [0, 0.1) is 6.92 Å². The first-order valence-electron chi connectivity index (χ1n) is 6.10. The van der Waals surface area contributed by atoms with Crippen molar-refractivity contribution in [2.75, 3.05) is 0 Å². The fourth-order valence-corrected chi connectivity index (χ4v) is 2.02. The number of amides is 1. The Balaban J connectivity index is 2.11. The summed E-state index contributed by atoms with van der Waals surface area (Å²) >= 11 is 0.